The van der Waals surface area contributed by atoms with Gasteiger partial charge in [-0.05, 0) is 26.0 Å². The van der Waals surface area contributed by atoms with Crippen LogP contribution in [0.4, 0.5) is 5.95 Å². The molecule has 0 unspecified atom stereocenters. The number of aromatic nitrogens is 4. The molecule has 4 rings (SSSR count). The maximum absolute atomic E-state index is 12.4. The van der Waals surface area contributed by atoms with Crippen LogP contribution in [-0.4, -0.2) is 62.5 Å². The maximum Gasteiger partial charge on any atom is 0.226 e. The number of hydrogen-bond donors (Lipinski definition) is 0. The van der Waals surface area contributed by atoms with Gasteiger partial charge in [0.15, 0.2) is 0 Å². The maximum atomic E-state index is 12.4. The number of hydrogen-bond acceptors (Lipinski definition) is 6. The summed E-state index contributed by atoms with van der Waals surface area (Å²) in [6.45, 7) is 4.40. The molecule has 1 aliphatic carbocycles. The zero-order valence-corrected chi connectivity index (χ0v) is 16.2. The van der Waals surface area contributed by atoms with E-state index in [0.717, 1.165) is 54.6 Å². The quantitative estimate of drug-likeness (QED) is 0.765. The highest BCUT2D eigenvalue weighted by Gasteiger charge is 2.37. The summed E-state index contributed by atoms with van der Waals surface area (Å²) in [4.78, 5) is 27.1. The molecule has 8 heteroatoms. The van der Waals surface area contributed by atoms with E-state index in [4.69, 9.17) is 4.98 Å². The number of amides is 1. The summed E-state index contributed by atoms with van der Waals surface area (Å²) in [5, 5.41) is 4.26. The Morgan fingerprint density at radius 1 is 1.27 bits per heavy atom. The van der Waals surface area contributed by atoms with Crippen LogP contribution in [0.1, 0.15) is 19.8 Å². The van der Waals surface area contributed by atoms with Crippen molar-refractivity contribution in [3.63, 3.8) is 0 Å². The van der Waals surface area contributed by atoms with E-state index in [1.165, 1.54) is 0 Å². The molecule has 2 aliphatic rings. The van der Waals surface area contributed by atoms with Crippen molar-refractivity contribution in [2.45, 2.75) is 30.7 Å². The predicted octanol–water partition coefficient (Wildman–Crippen LogP) is 2.05. The fourth-order valence-corrected chi connectivity index (χ4v) is 3.96. The van der Waals surface area contributed by atoms with Crippen molar-refractivity contribution in [2.24, 2.45) is 13.0 Å². The van der Waals surface area contributed by atoms with Crippen molar-refractivity contribution in [3.05, 3.63) is 18.6 Å². The second-order valence-electron chi connectivity index (χ2n) is 7.09. The minimum atomic E-state index is 0.183. The number of carbonyl (C=O) groups excluding carboxylic acids is 1. The highest BCUT2D eigenvalue weighted by Crippen LogP contribution is 2.33. The number of aryl methyl sites for hydroxylation is 1. The second-order valence-corrected chi connectivity index (χ2v) is 7.94. The van der Waals surface area contributed by atoms with Gasteiger partial charge in [-0.1, -0.05) is 0 Å². The summed E-state index contributed by atoms with van der Waals surface area (Å²) in [6.07, 6.45) is 9.84. The lowest BCUT2D eigenvalue weighted by Gasteiger charge is -2.40. The lowest BCUT2D eigenvalue weighted by Crippen LogP contribution is -2.54. The third-order valence-corrected chi connectivity index (χ3v) is 5.80. The van der Waals surface area contributed by atoms with Gasteiger partial charge in [0, 0.05) is 56.6 Å². The van der Waals surface area contributed by atoms with E-state index < -0.39 is 0 Å². The highest BCUT2D eigenvalue weighted by molar-refractivity contribution is 7.98. The largest absolute Gasteiger partial charge is 0.337 e. The first-order chi connectivity index (χ1) is 12.6. The minimum absolute atomic E-state index is 0.183. The van der Waals surface area contributed by atoms with Crippen LogP contribution in [0, 0.1) is 5.92 Å². The summed E-state index contributed by atoms with van der Waals surface area (Å²) in [6, 6.07) is 0.183. The first-order valence-electron chi connectivity index (χ1n) is 9.02. The Bertz CT molecular complexity index is 818. The SMILES string of the molecule is CSc1cnc(N2CCN(C(=O)C3CC3)[C@H](C)C2)nc1-c1cnn(C)c1. The number of anilines is 1. The van der Waals surface area contributed by atoms with E-state index in [0.29, 0.717) is 5.91 Å². The Morgan fingerprint density at radius 2 is 2.08 bits per heavy atom. The molecule has 2 aromatic rings. The Morgan fingerprint density at radius 3 is 2.69 bits per heavy atom. The number of carbonyl (C=O) groups is 1. The van der Waals surface area contributed by atoms with Gasteiger partial charge in [0.25, 0.3) is 0 Å². The van der Waals surface area contributed by atoms with Gasteiger partial charge in [0.05, 0.1) is 16.8 Å². The van der Waals surface area contributed by atoms with Crippen LogP contribution >= 0.6 is 11.8 Å². The summed E-state index contributed by atoms with van der Waals surface area (Å²) in [7, 11) is 1.90. The summed E-state index contributed by atoms with van der Waals surface area (Å²) in [5.41, 5.74) is 1.91. The van der Waals surface area contributed by atoms with Gasteiger partial charge in [-0.2, -0.15) is 5.10 Å². The molecule has 0 spiro atoms. The van der Waals surface area contributed by atoms with E-state index in [1.807, 2.05) is 36.8 Å². The number of piperazine rings is 1. The van der Waals surface area contributed by atoms with Crippen LogP contribution in [0.25, 0.3) is 11.3 Å². The summed E-state index contributed by atoms with van der Waals surface area (Å²) in [5.74, 6) is 1.33. The molecule has 0 radical (unpaired) electrons. The van der Waals surface area contributed by atoms with Gasteiger partial charge < -0.3 is 9.80 Å². The molecular weight excluding hydrogens is 348 g/mol. The van der Waals surface area contributed by atoms with Crippen molar-refractivity contribution in [2.75, 3.05) is 30.8 Å². The molecule has 0 aromatic carbocycles. The van der Waals surface area contributed by atoms with Crippen LogP contribution < -0.4 is 4.90 Å². The molecule has 0 N–H and O–H groups in total. The molecule has 2 aromatic heterocycles. The molecule has 0 bridgehead atoms. The smallest absolute Gasteiger partial charge is 0.226 e. The molecule has 2 fully saturated rings. The van der Waals surface area contributed by atoms with Crippen LogP contribution in [0.2, 0.25) is 0 Å². The third-order valence-electron chi connectivity index (χ3n) is 5.06. The summed E-state index contributed by atoms with van der Waals surface area (Å²) >= 11 is 1.64. The minimum Gasteiger partial charge on any atom is -0.337 e. The zero-order valence-electron chi connectivity index (χ0n) is 15.4. The number of thioether (sulfide) groups is 1. The van der Waals surface area contributed by atoms with Gasteiger partial charge in [0.2, 0.25) is 11.9 Å². The second kappa shape index (κ2) is 6.90. The molecule has 26 heavy (non-hydrogen) atoms. The standard InChI is InChI=1S/C18H24N6OS/c1-12-10-23(6-7-24(12)17(25)13-4-5-13)18-19-9-15(26-3)16(21-18)14-8-20-22(2)11-14/h8-9,11-13H,4-7,10H2,1-3H3/t12-/m1/s1. The van der Waals surface area contributed by atoms with Crippen molar-refractivity contribution in [1.82, 2.24) is 24.6 Å². The molecule has 1 saturated carbocycles. The van der Waals surface area contributed by atoms with E-state index >= 15 is 0 Å². The highest BCUT2D eigenvalue weighted by atomic mass is 32.2. The molecule has 1 amide bonds. The Hall–Kier alpha value is -2.09. The zero-order chi connectivity index (χ0) is 18.3. The number of rotatable bonds is 4. The third kappa shape index (κ3) is 3.30. The Kier molecular flexibility index (Phi) is 4.60. The van der Waals surface area contributed by atoms with Gasteiger partial charge >= 0.3 is 0 Å². The van der Waals surface area contributed by atoms with Crippen molar-refractivity contribution in [1.29, 1.82) is 0 Å². The lowest BCUT2D eigenvalue weighted by atomic mass is 10.1. The molecular formula is C18H24N6OS. The molecule has 7 nitrogen and oxygen atoms in total. The molecule has 1 aliphatic heterocycles. The molecule has 3 heterocycles. The van der Waals surface area contributed by atoms with Crippen molar-refractivity contribution in [3.8, 4) is 11.3 Å². The first kappa shape index (κ1) is 17.3. The average molecular weight is 372 g/mol. The van der Waals surface area contributed by atoms with Crippen LogP contribution in [0.5, 0.6) is 0 Å². The molecule has 138 valence electrons. The fourth-order valence-electron chi connectivity index (χ4n) is 3.44. The van der Waals surface area contributed by atoms with Gasteiger partial charge in [-0.15, -0.1) is 11.8 Å². The normalized spacial score (nSPS) is 20.5. The van der Waals surface area contributed by atoms with Crippen LogP contribution in [-0.2, 0) is 11.8 Å². The van der Waals surface area contributed by atoms with E-state index in [2.05, 4.69) is 21.9 Å². The topological polar surface area (TPSA) is 67.2 Å². The lowest BCUT2D eigenvalue weighted by molar-refractivity contribution is -0.134. The average Bonchev–Trinajstić information content (AvgIpc) is 3.41. The van der Waals surface area contributed by atoms with E-state index in [1.54, 1.807) is 16.4 Å². The van der Waals surface area contributed by atoms with E-state index in [9.17, 15) is 4.79 Å². The fraction of sp³-hybridized carbons (Fsp3) is 0.556. The monoisotopic (exact) mass is 372 g/mol. The first-order valence-corrected chi connectivity index (χ1v) is 10.2. The molecule has 1 saturated heterocycles. The van der Waals surface area contributed by atoms with Crippen molar-refractivity contribution < 1.29 is 4.79 Å². The van der Waals surface area contributed by atoms with Gasteiger partial charge in [0.1, 0.15) is 0 Å². The Balaban J connectivity index is 1.55. The van der Waals surface area contributed by atoms with E-state index in [-0.39, 0.29) is 12.0 Å². The molecule has 1 atom stereocenters. The Labute approximate surface area is 157 Å². The van der Waals surface area contributed by atoms with Gasteiger partial charge in [-0.3, -0.25) is 9.48 Å². The predicted molar refractivity (Wildman–Crippen MR) is 102 cm³/mol. The number of nitrogens with zero attached hydrogens (tertiary/aromatic N) is 6. The van der Waals surface area contributed by atoms with Crippen LogP contribution in [0.3, 0.4) is 0 Å². The van der Waals surface area contributed by atoms with Gasteiger partial charge in [-0.25, -0.2) is 9.97 Å². The summed E-state index contributed by atoms with van der Waals surface area (Å²) < 4.78 is 1.78. The van der Waals surface area contributed by atoms with Crippen LogP contribution in [0.15, 0.2) is 23.5 Å². The van der Waals surface area contributed by atoms with Crippen molar-refractivity contribution >= 4 is 23.6 Å².